The first-order valence-corrected chi connectivity index (χ1v) is 10.3. The molecule has 10 heteroatoms. The van der Waals surface area contributed by atoms with E-state index >= 15 is 0 Å². The van der Waals surface area contributed by atoms with Crippen LogP contribution in [0.1, 0.15) is 38.8 Å². The van der Waals surface area contributed by atoms with E-state index in [1.54, 1.807) is 36.4 Å². The minimum atomic E-state index is -1.30. The van der Waals surface area contributed by atoms with Crippen LogP contribution in [0.5, 0.6) is 5.88 Å². The van der Waals surface area contributed by atoms with Gasteiger partial charge in [-0.05, 0) is 18.2 Å². The van der Waals surface area contributed by atoms with Gasteiger partial charge in [0.15, 0.2) is 6.29 Å². The Morgan fingerprint density at radius 2 is 1.82 bits per heavy atom. The maximum atomic E-state index is 14.6. The van der Waals surface area contributed by atoms with Gasteiger partial charge in [0.1, 0.15) is 11.3 Å². The summed E-state index contributed by atoms with van der Waals surface area (Å²) in [7, 11) is 1.44. The quantitative estimate of drug-likeness (QED) is 0.586. The molecule has 1 aromatic carbocycles. The lowest BCUT2D eigenvalue weighted by Crippen LogP contribution is -2.50. The van der Waals surface area contributed by atoms with Crippen LogP contribution >= 0.6 is 0 Å². The van der Waals surface area contributed by atoms with Gasteiger partial charge in [-0.25, -0.2) is 9.37 Å². The lowest BCUT2D eigenvalue weighted by atomic mass is 10.0. The fourth-order valence-corrected chi connectivity index (χ4v) is 4.13. The molecule has 2 aliphatic rings. The van der Waals surface area contributed by atoms with Crippen LogP contribution in [0, 0.1) is 5.82 Å². The topological polar surface area (TPSA) is 111 Å². The van der Waals surface area contributed by atoms with Gasteiger partial charge < -0.3 is 19.3 Å². The third-order valence-corrected chi connectivity index (χ3v) is 5.78. The summed E-state index contributed by atoms with van der Waals surface area (Å²) in [5, 5.41) is 10.8. The Morgan fingerprint density at radius 1 is 1.15 bits per heavy atom. The number of amides is 2. The number of halogens is 1. The van der Waals surface area contributed by atoms with Crippen LogP contribution in [0.25, 0.3) is 11.0 Å². The fourth-order valence-electron chi connectivity index (χ4n) is 4.13. The van der Waals surface area contributed by atoms with Crippen LogP contribution in [0.15, 0.2) is 42.6 Å². The van der Waals surface area contributed by atoms with Crippen molar-refractivity contribution in [3.63, 3.8) is 0 Å². The Hall–Kier alpha value is -3.47. The standard InChI is InChI=1S/C23H20FN3O6/c1-31-18-7-6-16-21(26-18)20(15(24)9-25-16)17(28)8-19-32-10-12(11-33-19)27-22(29)13-4-2-3-5-14(13)23(27)30/h2-7,9,12,17,19,28H,8,10-11H2,1H3. The largest absolute Gasteiger partial charge is 0.481 e. The highest BCUT2D eigenvalue weighted by atomic mass is 19.1. The summed E-state index contributed by atoms with van der Waals surface area (Å²) in [6.45, 7) is 0.0724. The predicted octanol–water partition coefficient (Wildman–Crippen LogP) is 2.24. The Balaban J connectivity index is 1.28. The van der Waals surface area contributed by atoms with Crippen molar-refractivity contribution in [3.05, 3.63) is 65.1 Å². The van der Waals surface area contributed by atoms with Gasteiger partial charge in [0.05, 0.1) is 55.3 Å². The number of imide groups is 1. The maximum absolute atomic E-state index is 14.6. The summed E-state index contributed by atoms with van der Waals surface area (Å²) in [6, 6.07) is 9.23. The number of aliphatic hydroxyl groups is 1. The molecule has 9 nitrogen and oxygen atoms in total. The lowest BCUT2D eigenvalue weighted by Gasteiger charge is -2.34. The molecule has 2 amide bonds. The molecular formula is C23H20FN3O6. The summed E-state index contributed by atoms with van der Waals surface area (Å²) in [5.41, 5.74) is 1.25. The van der Waals surface area contributed by atoms with Crippen LogP contribution in [0.3, 0.4) is 0 Å². The Morgan fingerprint density at radius 3 is 2.45 bits per heavy atom. The average Bonchev–Trinajstić information content (AvgIpc) is 3.09. The Kier molecular flexibility index (Phi) is 5.49. The highest BCUT2D eigenvalue weighted by Crippen LogP contribution is 2.31. The second-order valence-electron chi connectivity index (χ2n) is 7.77. The number of carbonyl (C=O) groups excluding carboxylic acids is 2. The van der Waals surface area contributed by atoms with E-state index in [1.165, 1.54) is 7.11 Å². The highest BCUT2D eigenvalue weighted by Gasteiger charge is 2.42. The molecule has 4 heterocycles. The summed E-state index contributed by atoms with van der Waals surface area (Å²) in [4.78, 5) is 34.7. The van der Waals surface area contributed by atoms with Gasteiger partial charge >= 0.3 is 0 Å². The number of ether oxygens (including phenoxy) is 3. The van der Waals surface area contributed by atoms with Crippen LogP contribution in [-0.4, -0.2) is 64.4 Å². The molecule has 0 radical (unpaired) electrons. The Bertz CT molecular complexity index is 1210. The fraction of sp³-hybridized carbons (Fsp3) is 0.304. The summed E-state index contributed by atoms with van der Waals surface area (Å²) >= 11 is 0. The molecule has 0 saturated carbocycles. The number of hydrogen-bond acceptors (Lipinski definition) is 8. The van der Waals surface area contributed by atoms with E-state index in [2.05, 4.69) is 9.97 Å². The van der Waals surface area contributed by atoms with Gasteiger partial charge in [-0.1, -0.05) is 12.1 Å². The zero-order chi connectivity index (χ0) is 23.1. The third kappa shape index (κ3) is 3.71. The predicted molar refractivity (Wildman–Crippen MR) is 112 cm³/mol. The second-order valence-corrected chi connectivity index (χ2v) is 7.77. The van der Waals surface area contributed by atoms with Crippen LogP contribution in [0.2, 0.25) is 0 Å². The molecular weight excluding hydrogens is 433 g/mol. The van der Waals surface area contributed by atoms with E-state index < -0.39 is 36.1 Å². The van der Waals surface area contributed by atoms with Gasteiger partial charge in [0.25, 0.3) is 11.8 Å². The number of benzene rings is 1. The van der Waals surface area contributed by atoms with E-state index in [4.69, 9.17) is 14.2 Å². The molecule has 5 rings (SSSR count). The van der Waals surface area contributed by atoms with Crippen molar-refractivity contribution in [2.24, 2.45) is 0 Å². The zero-order valence-electron chi connectivity index (χ0n) is 17.6. The molecule has 0 spiro atoms. The van der Waals surface area contributed by atoms with Crippen LogP contribution in [-0.2, 0) is 9.47 Å². The minimum Gasteiger partial charge on any atom is -0.481 e. The molecule has 0 bridgehead atoms. The van der Waals surface area contributed by atoms with Crippen molar-refractivity contribution in [1.29, 1.82) is 0 Å². The number of hydrogen-bond donors (Lipinski definition) is 1. The molecule has 2 aliphatic heterocycles. The molecule has 1 fully saturated rings. The first-order chi connectivity index (χ1) is 16.0. The number of nitrogens with zero attached hydrogens (tertiary/aromatic N) is 3. The molecule has 1 N–H and O–H groups in total. The molecule has 1 saturated heterocycles. The summed E-state index contributed by atoms with van der Waals surface area (Å²) in [5.74, 6) is -1.24. The maximum Gasteiger partial charge on any atom is 0.261 e. The first kappa shape index (κ1) is 21.4. The second kappa shape index (κ2) is 8.47. The number of rotatable bonds is 5. The minimum absolute atomic E-state index is 0.0337. The van der Waals surface area contributed by atoms with Crippen molar-refractivity contribution in [1.82, 2.24) is 14.9 Å². The van der Waals surface area contributed by atoms with Gasteiger partial charge in [0, 0.05) is 18.1 Å². The van der Waals surface area contributed by atoms with E-state index in [9.17, 15) is 19.1 Å². The third-order valence-electron chi connectivity index (χ3n) is 5.78. The number of methoxy groups -OCH3 is 1. The molecule has 1 unspecified atom stereocenters. The number of aromatic nitrogens is 2. The van der Waals surface area contributed by atoms with Crippen LogP contribution in [0.4, 0.5) is 4.39 Å². The Labute approximate surface area is 187 Å². The van der Waals surface area contributed by atoms with Crippen molar-refractivity contribution in [2.45, 2.75) is 24.9 Å². The number of pyridine rings is 2. The van der Waals surface area contributed by atoms with Gasteiger partial charge in [0.2, 0.25) is 5.88 Å². The molecule has 1 atom stereocenters. The van der Waals surface area contributed by atoms with Crippen molar-refractivity contribution < 1.29 is 33.3 Å². The number of fused-ring (bicyclic) bond motifs is 2. The smallest absolute Gasteiger partial charge is 0.261 e. The van der Waals surface area contributed by atoms with E-state index in [0.717, 1.165) is 11.1 Å². The van der Waals surface area contributed by atoms with Gasteiger partial charge in [-0.3, -0.25) is 19.5 Å². The normalized spacial score (nSPS) is 21.4. The van der Waals surface area contributed by atoms with Crippen LogP contribution < -0.4 is 4.74 Å². The van der Waals surface area contributed by atoms with Crippen molar-refractivity contribution >= 4 is 22.8 Å². The average molecular weight is 453 g/mol. The van der Waals surface area contributed by atoms with E-state index in [0.29, 0.717) is 16.6 Å². The lowest BCUT2D eigenvalue weighted by molar-refractivity contribution is -0.208. The SMILES string of the molecule is COc1ccc2ncc(F)c(C(O)CC3OCC(N4C(=O)c5ccccc5C4=O)CO3)c2n1. The molecule has 2 aromatic heterocycles. The summed E-state index contributed by atoms with van der Waals surface area (Å²) in [6.07, 6.45) is -1.21. The molecule has 33 heavy (non-hydrogen) atoms. The molecule has 0 aliphatic carbocycles. The highest BCUT2D eigenvalue weighted by molar-refractivity contribution is 6.21. The zero-order valence-corrected chi connectivity index (χ0v) is 17.6. The van der Waals surface area contributed by atoms with Gasteiger partial charge in [-0.2, -0.15) is 0 Å². The van der Waals surface area contributed by atoms with Crippen molar-refractivity contribution in [2.75, 3.05) is 20.3 Å². The van der Waals surface area contributed by atoms with E-state index in [1.807, 2.05) is 0 Å². The number of carbonyl (C=O) groups is 2. The van der Waals surface area contributed by atoms with Gasteiger partial charge in [-0.15, -0.1) is 0 Å². The first-order valence-electron chi connectivity index (χ1n) is 10.3. The summed E-state index contributed by atoms with van der Waals surface area (Å²) < 4.78 is 31.0. The van der Waals surface area contributed by atoms with Crippen molar-refractivity contribution in [3.8, 4) is 5.88 Å². The molecule has 170 valence electrons. The number of aliphatic hydroxyl groups excluding tert-OH is 1. The molecule has 3 aromatic rings. The monoisotopic (exact) mass is 453 g/mol. The van der Waals surface area contributed by atoms with E-state index in [-0.39, 0.29) is 36.6 Å².